The minimum absolute atomic E-state index is 0.0617. The van der Waals surface area contributed by atoms with Crippen LogP contribution in [0, 0.1) is 11.3 Å². The van der Waals surface area contributed by atoms with Crippen molar-refractivity contribution in [2.75, 3.05) is 26.1 Å². The summed E-state index contributed by atoms with van der Waals surface area (Å²) in [5.74, 6) is 0.745. The van der Waals surface area contributed by atoms with Gasteiger partial charge in [0.2, 0.25) is 0 Å². The number of benzene rings is 1. The van der Waals surface area contributed by atoms with Gasteiger partial charge in [-0.1, -0.05) is 6.92 Å². The number of aromatic nitrogens is 3. The highest BCUT2D eigenvalue weighted by molar-refractivity contribution is 5.98. The summed E-state index contributed by atoms with van der Waals surface area (Å²) in [7, 11) is 1.28. The van der Waals surface area contributed by atoms with Crippen LogP contribution in [0.25, 0.3) is 22.4 Å². The van der Waals surface area contributed by atoms with Crippen LogP contribution in [-0.4, -0.2) is 53.1 Å². The molecule has 0 amide bonds. The van der Waals surface area contributed by atoms with Gasteiger partial charge in [0.1, 0.15) is 30.7 Å². The number of ether oxygens (including phenoxy) is 3. The Morgan fingerprint density at radius 1 is 1.36 bits per heavy atom. The second-order valence-corrected chi connectivity index (χ2v) is 6.65. The van der Waals surface area contributed by atoms with Gasteiger partial charge in [-0.2, -0.15) is 10.4 Å². The van der Waals surface area contributed by atoms with Crippen molar-refractivity contribution >= 4 is 18.3 Å². The smallest absolute Gasteiger partial charge is 0.356 e. The number of hydrogen-bond donors (Lipinski definition) is 3. The fourth-order valence-corrected chi connectivity index (χ4v) is 3.56. The van der Waals surface area contributed by atoms with Crippen LogP contribution in [0.15, 0.2) is 24.4 Å². The van der Waals surface area contributed by atoms with Crippen LogP contribution in [0.3, 0.4) is 0 Å². The normalized spacial score (nSPS) is 11.5. The Morgan fingerprint density at radius 3 is 2.70 bits per heavy atom. The standard InChI is InChI=1S/C21H19N5O4.CH2O2/c1-3-12-17(14-10-24-26-19(14)21(27)28-2)13(9-22)20(23)25-18(12)11-4-5-15-16(8-11)30-7-6-29-15;2-1-3/h4-5,8,10H,3,6-7H2,1-2H3,(H2,23,25)(H,24,26);1H,(H,2,3). The Morgan fingerprint density at radius 2 is 2.06 bits per heavy atom. The molecule has 33 heavy (non-hydrogen) atoms. The van der Waals surface area contributed by atoms with Crippen molar-refractivity contribution in [3.05, 3.63) is 41.2 Å². The van der Waals surface area contributed by atoms with Crippen LogP contribution in [0.2, 0.25) is 0 Å². The maximum atomic E-state index is 12.2. The number of esters is 1. The van der Waals surface area contributed by atoms with E-state index < -0.39 is 5.97 Å². The molecule has 0 saturated carbocycles. The zero-order valence-corrected chi connectivity index (χ0v) is 17.9. The number of nitrogens with zero attached hydrogens (tertiary/aromatic N) is 3. The molecule has 11 heteroatoms. The predicted molar refractivity (Wildman–Crippen MR) is 117 cm³/mol. The Bertz CT molecular complexity index is 1230. The van der Waals surface area contributed by atoms with Gasteiger partial charge in [-0.15, -0.1) is 0 Å². The van der Waals surface area contributed by atoms with Crippen molar-refractivity contribution in [3.8, 4) is 40.0 Å². The number of aromatic amines is 1. The van der Waals surface area contributed by atoms with Crippen LogP contribution in [0.4, 0.5) is 5.82 Å². The second-order valence-electron chi connectivity index (χ2n) is 6.65. The Kier molecular flexibility index (Phi) is 7.10. The molecule has 0 aliphatic carbocycles. The van der Waals surface area contributed by atoms with Crippen molar-refractivity contribution in [2.45, 2.75) is 13.3 Å². The Hall–Kier alpha value is -4.59. The summed E-state index contributed by atoms with van der Waals surface area (Å²) in [6.07, 6.45) is 2.02. The molecule has 170 valence electrons. The zero-order chi connectivity index (χ0) is 24.0. The molecule has 3 aromatic rings. The minimum atomic E-state index is -0.593. The van der Waals surface area contributed by atoms with Crippen molar-refractivity contribution < 1.29 is 28.9 Å². The van der Waals surface area contributed by atoms with E-state index in [0.717, 1.165) is 11.1 Å². The van der Waals surface area contributed by atoms with E-state index in [1.165, 1.54) is 13.3 Å². The number of fused-ring (bicyclic) bond motifs is 1. The highest BCUT2D eigenvalue weighted by Gasteiger charge is 2.26. The zero-order valence-electron chi connectivity index (χ0n) is 17.9. The number of nitriles is 1. The molecule has 11 nitrogen and oxygen atoms in total. The molecule has 0 atom stereocenters. The lowest BCUT2D eigenvalue weighted by molar-refractivity contribution is -0.122. The van der Waals surface area contributed by atoms with Gasteiger partial charge in [0.05, 0.1) is 19.0 Å². The average Bonchev–Trinajstić information content (AvgIpc) is 3.32. The molecule has 1 aliphatic heterocycles. The number of nitrogen functional groups attached to an aromatic ring is 1. The minimum Gasteiger partial charge on any atom is -0.486 e. The van der Waals surface area contributed by atoms with Crippen molar-refractivity contribution in [2.24, 2.45) is 0 Å². The van der Waals surface area contributed by atoms with E-state index in [4.69, 9.17) is 29.8 Å². The predicted octanol–water partition coefficient (Wildman–Crippen LogP) is 2.41. The number of rotatable bonds is 4. The van der Waals surface area contributed by atoms with Gasteiger partial charge in [-0.25, -0.2) is 9.78 Å². The van der Waals surface area contributed by atoms with Crippen LogP contribution in [0.1, 0.15) is 28.5 Å². The molecule has 0 saturated heterocycles. The van der Waals surface area contributed by atoms with Crippen molar-refractivity contribution in [3.63, 3.8) is 0 Å². The van der Waals surface area contributed by atoms with Crippen molar-refractivity contribution in [1.29, 1.82) is 5.26 Å². The lowest BCUT2D eigenvalue weighted by Crippen LogP contribution is -2.15. The summed E-state index contributed by atoms with van der Waals surface area (Å²) >= 11 is 0. The summed E-state index contributed by atoms with van der Waals surface area (Å²) in [4.78, 5) is 25.1. The summed E-state index contributed by atoms with van der Waals surface area (Å²) in [5, 5.41) is 23.3. The first-order valence-corrected chi connectivity index (χ1v) is 9.82. The molecule has 0 fully saturated rings. The fraction of sp³-hybridized carbons (Fsp3) is 0.227. The number of carbonyl (C=O) groups excluding carboxylic acids is 1. The van der Waals surface area contributed by atoms with Crippen LogP contribution in [-0.2, 0) is 16.0 Å². The van der Waals surface area contributed by atoms with E-state index in [0.29, 0.717) is 48.0 Å². The van der Waals surface area contributed by atoms with Crippen LogP contribution in [0.5, 0.6) is 11.5 Å². The van der Waals surface area contributed by atoms with Crippen LogP contribution >= 0.6 is 0 Å². The van der Waals surface area contributed by atoms with Crippen molar-refractivity contribution in [1.82, 2.24) is 15.2 Å². The summed E-state index contributed by atoms with van der Waals surface area (Å²) in [6.45, 7) is 2.65. The van der Waals surface area contributed by atoms with E-state index in [9.17, 15) is 10.1 Å². The third kappa shape index (κ3) is 4.40. The average molecular weight is 451 g/mol. The van der Waals surface area contributed by atoms with Gasteiger partial charge in [-0.3, -0.25) is 9.89 Å². The molecule has 0 bridgehead atoms. The molecule has 4 N–H and O–H groups in total. The first-order chi connectivity index (χ1) is 16.0. The molecular weight excluding hydrogens is 430 g/mol. The summed E-state index contributed by atoms with van der Waals surface area (Å²) in [5.41, 5.74) is 9.53. The van der Waals surface area contributed by atoms with E-state index in [-0.39, 0.29) is 23.5 Å². The van der Waals surface area contributed by atoms with E-state index >= 15 is 0 Å². The number of anilines is 1. The molecular formula is C22H21N5O6. The van der Waals surface area contributed by atoms with Gasteiger partial charge in [0, 0.05) is 16.7 Å². The Balaban J connectivity index is 0.000000968. The number of nitrogens with one attached hydrogen (secondary N) is 1. The molecule has 0 radical (unpaired) electrons. The number of methoxy groups -OCH3 is 1. The molecule has 0 unspecified atom stereocenters. The molecule has 2 aromatic heterocycles. The quantitative estimate of drug-likeness (QED) is 0.395. The van der Waals surface area contributed by atoms with E-state index in [2.05, 4.69) is 21.3 Å². The van der Waals surface area contributed by atoms with Gasteiger partial charge in [-0.05, 0) is 30.2 Å². The largest absolute Gasteiger partial charge is 0.486 e. The third-order valence-corrected chi connectivity index (χ3v) is 4.91. The van der Waals surface area contributed by atoms with Gasteiger partial charge >= 0.3 is 5.97 Å². The first-order valence-electron chi connectivity index (χ1n) is 9.82. The lowest BCUT2D eigenvalue weighted by atomic mass is 9.90. The number of carbonyl (C=O) groups is 2. The number of H-pyrrole nitrogens is 1. The SMILES string of the molecule is CCc1c(-c2ccc3c(c2)OCCO3)nc(N)c(C#N)c1-c1cn[nH]c1C(=O)OC.O=CO. The summed E-state index contributed by atoms with van der Waals surface area (Å²) < 4.78 is 16.1. The molecule has 1 aromatic carbocycles. The van der Waals surface area contributed by atoms with E-state index in [1.54, 1.807) is 0 Å². The first kappa shape index (κ1) is 23.1. The number of pyridine rings is 1. The molecule has 4 rings (SSSR count). The topological polar surface area (TPSA) is 173 Å². The van der Waals surface area contributed by atoms with Crippen LogP contribution < -0.4 is 15.2 Å². The second kappa shape index (κ2) is 10.1. The van der Waals surface area contributed by atoms with E-state index in [1.807, 2.05) is 25.1 Å². The molecule has 3 heterocycles. The highest BCUT2D eigenvalue weighted by atomic mass is 16.6. The Labute approximate surface area is 188 Å². The lowest BCUT2D eigenvalue weighted by Gasteiger charge is -2.20. The third-order valence-electron chi connectivity index (χ3n) is 4.91. The van der Waals surface area contributed by atoms with Gasteiger partial charge in [0.25, 0.3) is 6.47 Å². The maximum Gasteiger partial charge on any atom is 0.356 e. The molecule has 0 spiro atoms. The maximum absolute atomic E-state index is 12.2. The summed E-state index contributed by atoms with van der Waals surface area (Å²) in [6, 6.07) is 7.63. The number of carboxylic acid groups (broad SMARTS) is 1. The highest BCUT2D eigenvalue weighted by Crippen LogP contribution is 2.40. The number of hydrogen-bond acceptors (Lipinski definition) is 9. The molecule has 1 aliphatic rings. The monoisotopic (exact) mass is 451 g/mol. The van der Waals surface area contributed by atoms with Gasteiger partial charge < -0.3 is 25.1 Å². The van der Waals surface area contributed by atoms with Gasteiger partial charge in [0.15, 0.2) is 17.2 Å². The fourth-order valence-electron chi connectivity index (χ4n) is 3.56. The number of nitrogens with two attached hydrogens (primary N) is 1.